The van der Waals surface area contributed by atoms with Gasteiger partial charge in [-0.25, -0.2) is 0 Å². The van der Waals surface area contributed by atoms with E-state index in [9.17, 15) is 0 Å². The molecule has 9 aromatic carbocycles. The minimum atomic E-state index is 0.453. The Morgan fingerprint density at radius 3 is 1.37 bits per heavy atom. The van der Waals surface area contributed by atoms with Crippen molar-refractivity contribution in [3.05, 3.63) is 199 Å². The highest BCUT2D eigenvalue weighted by Gasteiger charge is 2.22. The van der Waals surface area contributed by atoms with E-state index in [4.69, 9.17) is 0 Å². The van der Waals surface area contributed by atoms with Gasteiger partial charge in [0.1, 0.15) is 0 Å². The molecule has 9 rings (SSSR count). The minimum Gasteiger partial charge on any atom is -0.345 e. The number of hydrogen-bond donors (Lipinski definition) is 0. The lowest BCUT2D eigenvalue weighted by Gasteiger charge is -2.28. The molecule has 0 amide bonds. The largest absolute Gasteiger partial charge is 0.345 e. The van der Waals surface area contributed by atoms with Crippen molar-refractivity contribution in [1.82, 2.24) is 0 Å². The summed E-state index contributed by atoms with van der Waals surface area (Å²) in [5, 5.41) is 7.35. The van der Waals surface area contributed by atoms with E-state index in [1.54, 1.807) is 0 Å². The highest BCUT2D eigenvalue weighted by molar-refractivity contribution is 6.22. The quantitative estimate of drug-likeness (QED) is 0.136. The van der Waals surface area contributed by atoms with Crippen LogP contribution in [0.15, 0.2) is 188 Å². The smallest absolute Gasteiger partial charge is 0.0540 e. The molecule has 0 aliphatic carbocycles. The van der Waals surface area contributed by atoms with Crippen LogP contribution in [0.5, 0.6) is 0 Å². The van der Waals surface area contributed by atoms with Crippen molar-refractivity contribution in [2.45, 2.75) is 39.5 Å². The first-order chi connectivity index (χ1) is 27.9. The molecule has 0 aliphatic rings. The van der Waals surface area contributed by atoms with Gasteiger partial charge in [0, 0.05) is 35.2 Å². The zero-order valence-electron chi connectivity index (χ0n) is 33.4. The van der Waals surface area contributed by atoms with Gasteiger partial charge in [0.2, 0.25) is 0 Å². The number of fused-ring (bicyclic) bond motifs is 3. The number of benzene rings is 9. The van der Waals surface area contributed by atoms with Crippen molar-refractivity contribution < 1.29 is 0 Å². The predicted molar refractivity (Wildman–Crippen MR) is 247 cm³/mol. The molecule has 0 spiro atoms. The third-order valence-corrected chi connectivity index (χ3v) is 11.6. The summed E-state index contributed by atoms with van der Waals surface area (Å²) < 4.78 is 0. The summed E-state index contributed by atoms with van der Waals surface area (Å²) in [6, 6.07) is 69.5. The summed E-state index contributed by atoms with van der Waals surface area (Å²) in [5.74, 6) is 0.947. The average Bonchev–Trinajstić information content (AvgIpc) is 3.26. The summed E-state index contributed by atoms with van der Waals surface area (Å²) in [4.78, 5) is 4.75. The van der Waals surface area contributed by atoms with Crippen LogP contribution < -0.4 is 9.80 Å². The van der Waals surface area contributed by atoms with Crippen molar-refractivity contribution in [1.29, 1.82) is 0 Å². The van der Waals surface area contributed by atoms with Gasteiger partial charge in [0.15, 0.2) is 0 Å². The third kappa shape index (κ3) is 6.72. The molecule has 2 nitrogen and oxygen atoms in total. The van der Waals surface area contributed by atoms with Gasteiger partial charge in [-0.1, -0.05) is 161 Å². The molecule has 0 heterocycles. The summed E-state index contributed by atoms with van der Waals surface area (Å²) in [5.41, 5.74) is 13.3. The zero-order valence-corrected chi connectivity index (χ0v) is 33.4. The van der Waals surface area contributed by atoms with E-state index in [2.05, 4.69) is 233 Å². The summed E-state index contributed by atoms with van der Waals surface area (Å²) in [6.07, 6.45) is 0. The van der Waals surface area contributed by atoms with Crippen LogP contribution in [0, 0.1) is 0 Å². The Morgan fingerprint density at radius 2 is 0.807 bits per heavy atom. The second kappa shape index (κ2) is 15.1. The maximum absolute atomic E-state index is 2.44. The van der Waals surface area contributed by atoms with E-state index in [1.165, 1.54) is 71.4 Å². The van der Waals surface area contributed by atoms with Crippen LogP contribution in [-0.4, -0.2) is 7.05 Å². The maximum Gasteiger partial charge on any atom is 0.0540 e. The maximum atomic E-state index is 2.44. The topological polar surface area (TPSA) is 6.48 Å². The highest BCUT2D eigenvalue weighted by Crippen LogP contribution is 2.48. The van der Waals surface area contributed by atoms with Crippen LogP contribution in [0.2, 0.25) is 0 Å². The average molecular weight is 737 g/mol. The molecule has 0 saturated carbocycles. The van der Waals surface area contributed by atoms with Gasteiger partial charge in [0.25, 0.3) is 0 Å². The third-order valence-electron chi connectivity index (χ3n) is 11.6. The van der Waals surface area contributed by atoms with Crippen molar-refractivity contribution in [3.63, 3.8) is 0 Å². The lowest BCUT2D eigenvalue weighted by Crippen LogP contribution is -2.11. The lowest BCUT2D eigenvalue weighted by atomic mass is 9.85. The van der Waals surface area contributed by atoms with E-state index >= 15 is 0 Å². The number of anilines is 5. The van der Waals surface area contributed by atoms with Gasteiger partial charge in [-0.05, 0) is 127 Å². The fourth-order valence-electron chi connectivity index (χ4n) is 8.45. The van der Waals surface area contributed by atoms with Gasteiger partial charge in [-0.2, -0.15) is 0 Å². The molecule has 0 bridgehead atoms. The van der Waals surface area contributed by atoms with Crippen molar-refractivity contribution in [3.8, 4) is 22.3 Å². The molecule has 0 radical (unpaired) electrons. The summed E-state index contributed by atoms with van der Waals surface area (Å²) >= 11 is 0. The first kappa shape index (κ1) is 36.0. The summed E-state index contributed by atoms with van der Waals surface area (Å²) in [7, 11) is 2.18. The molecular weight excluding hydrogens is 689 g/mol. The van der Waals surface area contributed by atoms with E-state index < -0.39 is 0 Å². The van der Waals surface area contributed by atoms with Crippen molar-refractivity contribution in [2.75, 3.05) is 16.8 Å². The van der Waals surface area contributed by atoms with Gasteiger partial charge in [-0.15, -0.1) is 0 Å². The molecule has 278 valence electrons. The van der Waals surface area contributed by atoms with Crippen LogP contribution >= 0.6 is 0 Å². The predicted octanol–water partition coefficient (Wildman–Crippen LogP) is 16.0. The van der Waals surface area contributed by atoms with E-state index in [-0.39, 0.29) is 0 Å². The molecule has 0 aliphatic heterocycles. The second-order valence-electron chi connectivity index (χ2n) is 15.8. The first-order valence-electron chi connectivity index (χ1n) is 20.2. The van der Waals surface area contributed by atoms with Gasteiger partial charge >= 0.3 is 0 Å². The number of rotatable bonds is 9. The molecule has 57 heavy (non-hydrogen) atoms. The second-order valence-corrected chi connectivity index (χ2v) is 15.8. The van der Waals surface area contributed by atoms with Crippen molar-refractivity contribution in [2.24, 2.45) is 0 Å². The van der Waals surface area contributed by atoms with Gasteiger partial charge in [-0.3, -0.25) is 0 Å². The molecule has 2 heteroatoms. The number of nitrogens with zero attached hydrogens (tertiary/aromatic N) is 2. The molecular formula is C55H48N2. The molecule has 9 aromatic rings. The molecule has 0 aromatic heterocycles. The van der Waals surface area contributed by atoms with Crippen molar-refractivity contribution >= 4 is 60.8 Å². The van der Waals surface area contributed by atoms with E-state index in [0.29, 0.717) is 11.8 Å². The molecule has 0 N–H and O–H groups in total. The van der Waals surface area contributed by atoms with Crippen LogP contribution in [0.4, 0.5) is 28.4 Å². The standard InChI is InChI=1S/C55H48N2/c1-37(2)39-23-27-44(28-24-39)56(5)46-31-33-49-51(35-46)54(42-16-8-6-9-17-42)50-34-32-47(36-52(50)55(49)43-18-10-7-11-19-43)57(45-29-25-40(26-30-45)38(3)4)53-22-14-20-41-15-12-13-21-48(41)53/h6-38H,1-5H3. The fourth-order valence-corrected chi connectivity index (χ4v) is 8.45. The minimum absolute atomic E-state index is 0.453. The van der Waals surface area contributed by atoms with Gasteiger partial charge < -0.3 is 9.80 Å². The molecule has 0 unspecified atom stereocenters. The molecule has 0 saturated heterocycles. The Labute approximate surface area is 337 Å². The zero-order chi connectivity index (χ0) is 39.0. The Morgan fingerprint density at radius 1 is 0.351 bits per heavy atom. The van der Waals surface area contributed by atoms with Crippen LogP contribution in [-0.2, 0) is 0 Å². The Bertz CT molecular complexity index is 2830. The van der Waals surface area contributed by atoms with E-state index in [1.807, 2.05) is 0 Å². The SMILES string of the molecule is CC(C)c1ccc(N(C)c2ccc3c(-c4ccccc4)c4cc(N(c5ccc(C(C)C)cc5)c5cccc6ccccc56)ccc4c(-c4ccccc4)c3c2)cc1. The van der Waals surface area contributed by atoms with Crippen LogP contribution in [0.1, 0.15) is 50.7 Å². The van der Waals surface area contributed by atoms with Crippen LogP contribution in [0.25, 0.3) is 54.6 Å². The van der Waals surface area contributed by atoms with Crippen LogP contribution in [0.3, 0.4) is 0 Å². The Hall–Kier alpha value is -6.64. The fraction of sp³-hybridized carbons (Fsp3) is 0.127. The highest BCUT2D eigenvalue weighted by atomic mass is 15.1. The van der Waals surface area contributed by atoms with Gasteiger partial charge in [0.05, 0.1) is 5.69 Å². The molecule has 0 fully saturated rings. The normalized spacial score (nSPS) is 11.6. The number of hydrogen-bond acceptors (Lipinski definition) is 2. The monoisotopic (exact) mass is 736 g/mol. The Kier molecular flexibility index (Phi) is 9.56. The molecule has 0 atom stereocenters. The first-order valence-corrected chi connectivity index (χ1v) is 20.2. The summed E-state index contributed by atoms with van der Waals surface area (Å²) in [6.45, 7) is 9.00. The van der Waals surface area contributed by atoms with E-state index in [0.717, 1.165) is 22.7 Å². The lowest BCUT2D eigenvalue weighted by molar-refractivity contribution is 0.866. The Balaban J connectivity index is 1.33.